The molecular weight excluding hydrogens is 306 g/mol. The third kappa shape index (κ3) is 4.11. The number of ether oxygens (including phenoxy) is 1. The van der Waals surface area contributed by atoms with E-state index in [1.54, 1.807) is 6.07 Å². The number of rotatable bonds is 6. The van der Waals surface area contributed by atoms with Gasteiger partial charge < -0.3 is 9.57 Å². The molecule has 0 aromatic heterocycles. The lowest BCUT2D eigenvalue weighted by Gasteiger charge is -2.13. The number of aryl methyl sites for hydroxylation is 2. The van der Waals surface area contributed by atoms with E-state index in [1.165, 1.54) is 7.11 Å². The van der Waals surface area contributed by atoms with Gasteiger partial charge in [0.1, 0.15) is 19.5 Å². The topological polar surface area (TPSA) is 85.9 Å². The maximum Gasteiger partial charge on any atom is 0.287 e. The van der Waals surface area contributed by atoms with Crippen molar-refractivity contribution in [2.45, 2.75) is 20.5 Å². The number of oxime groups is 1. The molecule has 0 aliphatic carbocycles. The van der Waals surface area contributed by atoms with Gasteiger partial charge in [-0.25, -0.2) is 5.84 Å². The van der Waals surface area contributed by atoms with Gasteiger partial charge >= 0.3 is 0 Å². The van der Waals surface area contributed by atoms with Crippen molar-refractivity contribution >= 4 is 11.6 Å². The van der Waals surface area contributed by atoms with Crippen molar-refractivity contribution in [1.82, 2.24) is 5.43 Å². The van der Waals surface area contributed by atoms with Gasteiger partial charge in [0.15, 0.2) is 5.71 Å². The average molecular weight is 327 g/mol. The van der Waals surface area contributed by atoms with Crippen LogP contribution in [0.4, 0.5) is 0 Å². The van der Waals surface area contributed by atoms with Crippen LogP contribution in [0, 0.1) is 13.8 Å². The predicted molar refractivity (Wildman–Crippen MR) is 92.6 cm³/mol. The molecule has 0 fully saturated rings. The molecule has 0 saturated heterocycles. The molecule has 0 heterocycles. The first-order chi connectivity index (χ1) is 11.6. The minimum atomic E-state index is -0.531. The third-order valence-corrected chi connectivity index (χ3v) is 3.53. The Morgan fingerprint density at radius 2 is 1.96 bits per heavy atom. The first-order valence-electron chi connectivity index (χ1n) is 7.47. The SMILES string of the molecule is CON=C(C(=O)NN)c1ccccc1COc1cc(C)ccc1C. The molecule has 0 spiro atoms. The standard InChI is InChI=1S/C18H21N3O3/c1-12-8-9-13(2)16(10-12)24-11-14-6-4-5-7-15(14)17(21-23-3)18(22)20-19/h4-10H,11,19H2,1-3H3,(H,20,22). The van der Waals surface area contributed by atoms with Crippen molar-refractivity contribution in [1.29, 1.82) is 0 Å². The highest BCUT2D eigenvalue weighted by molar-refractivity contribution is 6.45. The summed E-state index contributed by atoms with van der Waals surface area (Å²) in [5, 5.41) is 3.78. The third-order valence-electron chi connectivity index (χ3n) is 3.53. The number of nitrogens with one attached hydrogen (secondary N) is 1. The van der Waals surface area contributed by atoms with Gasteiger partial charge in [-0.2, -0.15) is 0 Å². The minimum absolute atomic E-state index is 0.0974. The summed E-state index contributed by atoms with van der Waals surface area (Å²) in [6, 6.07) is 13.3. The van der Waals surface area contributed by atoms with Crippen LogP contribution in [-0.4, -0.2) is 18.7 Å². The van der Waals surface area contributed by atoms with Crippen LogP contribution in [0.3, 0.4) is 0 Å². The normalized spacial score (nSPS) is 11.1. The quantitative estimate of drug-likeness (QED) is 0.369. The molecule has 0 bridgehead atoms. The number of benzene rings is 2. The molecule has 1 amide bonds. The van der Waals surface area contributed by atoms with Crippen molar-refractivity contribution < 1.29 is 14.4 Å². The Bertz CT molecular complexity index is 757. The molecule has 6 heteroatoms. The Labute approximate surface area is 141 Å². The first-order valence-corrected chi connectivity index (χ1v) is 7.47. The second-order valence-corrected chi connectivity index (χ2v) is 5.31. The Hall–Kier alpha value is -2.86. The number of carbonyl (C=O) groups excluding carboxylic acids is 1. The van der Waals surface area contributed by atoms with E-state index >= 15 is 0 Å². The highest BCUT2D eigenvalue weighted by atomic mass is 16.6. The van der Waals surface area contributed by atoms with Crippen molar-refractivity contribution in [3.05, 3.63) is 64.7 Å². The van der Waals surface area contributed by atoms with E-state index in [9.17, 15) is 4.79 Å². The number of nitrogens with zero attached hydrogens (tertiary/aromatic N) is 1. The molecule has 2 rings (SSSR count). The van der Waals surface area contributed by atoms with E-state index in [2.05, 4.69) is 10.6 Å². The fraction of sp³-hybridized carbons (Fsp3) is 0.222. The van der Waals surface area contributed by atoms with Gasteiger partial charge in [0, 0.05) is 5.56 Å². The minimum Gasteiger partial charge on any atom is -0.489 e. The van der Waals surface area contributed by atoms with Crippen molar-refractivity contribution in [3.8, 4) is 5.75 Å². The number of carbonyl (C=O) groups is 1. The number of hydrogen-bond donors (Lipinski definition) is 2. The summed E-state index contributed by atoms with van der Waals surface area (Å²) in [6.07, 6.45) is 0. The van der Waals surface area contributed by atoms with Crippen LogP contribution in [0.1, 0.15) is 22.3 Å². The monoisotopic (exact) mass is 327 g/mol. The van der Waals surface area contributed by atoms with E-state index in [0.29, 0.717) is 12.2 Å². The van der Waals surface area contributed by atoms with Gasteiger partial charge in [0.25, 0.3) is 5.91 Å². The van der Waals surface area contributed by atoms with Crippen molar-refractivity contribution in [3.63, 3.8) is 0 Å². The second-order valence-electron chi connectivity index (χ2n) is 5.31. The molecule has 24 heavy (non-hydrogen) atoms. The van der Waals surface area contributed by atoms with E-state index in [1.807, 2.05) is 50.2 Å². The van der Waals surface area contributed by atoms with E-state index in [0.717, 1.165) is 22.4 Å². The van der Waals surface area contributed by atoms with Crippen molar-refractivity contribution in [2.24, 2.45) is 11.0 Å². The van der Waals surface area contributed by atoms with Gasteiger partial charge in [-0.1, -0.05) is 41.6 Å². The lowest BCUT2D eigenvalue weighted by atomic mass is 10.0. The molecule has 2 aromatic carbocycles. The molecule has 0 saturated carbocycles. The Morgan fingerprint density at radius 1 is 1.21 bits per heavy atom. The molecule has 0 unspecified atom stereocenters. The van der Waals surface area contributed by atoms with E-state index < -0.39 is 5.91 Å². The highest BCUT2D eigenvalue weighted by Gasteiger charge is 2.17. The zero-order chi connectivity index (χ0) is 17.5. The number of hydrazine groups is 1. The molecule has 0 radical (unpaired) electrons. The summed E-state index contributed by atoms with van der Waals surface area (Å²) in [5.41, 5.74) is 5.74. The molecule has 126 valence electrons. The summed E-state index contributed by atoms with van der Waals surface area (Å²) in [6.45, 7) is 4.29. The lowest BCUT2D eigenvalue weighted by Crippen LogP contribution is -2.37. The zero-order valence-corrected chi connectivity index (χ0v) is 14.0. The lowest BCUT2D eigenvalue weighted by molar-refractivity contribution is -0.114. The Balaban J connectivity index is 2.30. The summed E-state index contributed by atoms with van der Waals surface area (Å²) in [7, 11) is 1.37. The second kappa shape index (κ2) is 8.12. The Kier molecular flexibility index (Phi) is 5.92. The molecular formula is C18H21N3O3. The number of hydrogen-bond acceptors (Lipinski definition) is 5. The molecule has 0 aliphatic rings. The molecule has 3 N–H and O–H groups in total. The highest BCUT2D eigenvalue weighted by Crippen LogP contribution is 2.21. The first kappa shape index (κ1) is 17.5. The fourth-order valence-corrected chi connectivity index (χ4v) is 2.27. The average Bonchev–Trinajstić information content (AvgIpc) is 2.60. The summed E-state index contributed by atoms with van der Waals surface area (Å²) < 4.78 is 5.93. The van der Waals surface area contributed by atoms with Gasteiger partial charge in [0.2, 0.25) is 0 Å². The van der Waals surface area contributed by atoms with Crippen molar-refractivity contribution in [2.75, 3.05) is 7.11 Å². The molecule has 0 atom stereocenters. The summed E-state index contributed by atoms with van der Waals surface area (Å²) >= 11 is 0. The van der Waals surface area contributed by atoms with Crippen LogP contribution >= 0.6 is 0 Å². The van der Waals surface area contributed by atoms with Gasteiger partial charge in [-0.3, -0.25) is 10.2 Å². The van der Waals surface area contributed by atoms with E-state index in [-0.39, 0.29) is 5.71 Å². The smallest absolute Gasteiger partial charge is 0.287 e. The molecule has 2 aromatic rings. The van der Waals surface area contributed by atoms with Crippen LogP contribution in [0.2, 0.25) is 0 Å². The van der Waals surface area contributed by atoms with Crippen LogP contribution in [-0.2, 0) is 16.2 Å². The zero-order valence-electron chi connectivity index (χ0n) is 14.0. The molecule has 6 nitrogen and oxygen atoms in total. The predicted octanol–water partition coefficient (Wildman–Crippen LogP) is 2.22. The van der Waals surface area contributed by atoms with Crippen LogP contribution in [0.25, 0.3) is 0 Å². The van der Waals surface area contributed by atoms with Crippen LogP contribution < -0.4 is 16.0 Å². The summed E-state index contributed by atoms with van der Waals surface area (Å²) in [4.78, 5) is 16.7. The van der Waals surface area contributed by atoms with Gasteiger partial charge in [0.05, 0.1) is 0 Å². The Morgan fingerprint density at radius 3 is 2.67 bits per heavy atom. The van der Waals surface area contributed by atoms with Gasteiger partial charge in [-0.15, -0.1) is 0 Å². The largest absolute Gasteiger partial charge is 0.489 e. The van der Waals surface area contributed by atoms with Crippen LogP contribution in [0.5, 0.6) is 5.75 Å². The molecule has 0 aliphatic heterocycles. The maximum absolute atomic E-state index is 11.9. The number of amides is 1. The fourth-order valence-electron chi connectivity index (χ4n) is 2.27. The summed E-state index contributed by atoms with van der Waals surface area (Å²) in [5.74, 6) is 5.50. The van der Waals surface area contributed by atoms with Crippen LogP contribution in [0.15, 0.2) is 47.6 Å². The number of nitrogens with two attached hydrogens (primary N) is 1. The van der Waals surface area contributed by atoms with Gasteiger partial charge in [-0.05, 0) is 36.6 Å². The maximum atomic E-state index is 11.9. The van der Waals surface area contributed by atoms with E-state index in [4.69, 9.17) is 15.4 Å².